The highest BCUT2D eigenvalue weighted by atomic mass is 79.9. The second kappa shape index (κ2) is 5.53. The van der Waals surface area contributed by atoms with E-state index in [0.717, 1.165) is 0 Å². The molecule has 0 aliphatic carbocycles. The summed E-state index contributed by atoms with van der Waals surface area (Å²) in [7, 11) is 1.24. The molecule has 90 valence electrons. The van der Waals surface area contributed by atoms with Gasteiger partial charge in [0.1, 0.15) is 5.69 Å². The summed E-state index contributed by atoms with van der Waals surface area (Å²) in [5.74, 6) is -0.552. The van der Waals surface area contributed by atoms with Crippen LogP contribution >= 0.6 is 15.9 Å². The lowest BCUT2D eigenvalue weighted by Crippen LogP contribution is -2.02. The van der Waals surface area contributed by atoms with Gasteiger partial charge in [0.2, 0.25) is 0 Å². The van der Waals surface area contributed by atoms with Crippen molar-refractivity contribution < 1.29 is 14.5 Å². The van der Waals surface area contributed by atoms with Crippen molar-refractivity contribution in [3.63, 3.8) is 0 Å². The average Bonchev–Trinajstić information content (AvgIpc) is 2.29. The van der Waals surface area contributed by atoms with Crippen LogP contribution in [0.25, 0.3) is 6.08 Å². The third-order valence-corrected chi connectivity index (χ3v) is 2.35. The van der Waals surface area contributed by atoms with Crippen LogP contribution in [0.2, 0.25) is 0 Å². The van der Waals surface area contributed by atoms with Crippen molar-refractivity contribution >= 4 is 33.7 Å². The molecule has 0 atom stereocenters. The second-order valence-electron chi connectivity index (χ2n) is 3.13. The van der Waals surface area contributed by atoms with E-state index >= 15 is 0 Å². The van der Waals surface area contributed by atoms with E-state index < -0.39 is 10.9 Å². The van der Waals surface area contributed by atoms with Crippen LogP contribution in [0.3, 0.4) is 0 Å². The summed E-state index contributed by atoms with van der Waals surface area (Å²) in [5, 5.41) is 10.8. The van der Waals surface area contributed by atoms with Gasteiger partial charge < -0.3 is 4.74 Å². The zero-order chi connectivity index (χ0) is 13.0. The molecule has 7 heteroatoms. The van der Waals surface area contributed by atoms with Gasteiger partial charge in [-0.25, -0.2) is 9.78 Å². The molecule has 0 saturated heterocycles. The predicted molar refractivity (Wildman–Crippen MR) is 64.3 cm³/mol. The first kappa shape index (κ1) is 13.3. The minimum absolute atomic E-state index is 0.112. The summed E-state index contributed by atoms with van der Waals surface area (Å²) in [6.07, 6.45) is 2.74. The van der Waals surface area contributed by atoms with Crippen molar-refractivity contribution in [1.29, 1.82) is 0 Å². The molecule has 0 N–H and O–H groups in total. The standard InChI is InChI=1S/C10H9BrN2O4/c1-6(10(14)17-2)3-8-9(13(15)16)4-7(11)5-12-8/h3-5H,1-2H3/b6-3-. The number of rotatable bonds is 3. The number of halogens is 1. The smallest absolute Gasteiger partial charge is 0.333 e. The molecule has 0 saturated carbocycles. The third kappa shape index (κ3) is 3.35. The summed E-state index contributed by atoms with van der Waals surface area (Å²) < 4.78 is 4.99. The minimum Gasteiger partial charge on any atom is -0.466 e. The van der Waals surface area contributed by atoms with E-state index in [2.05, 4.69) is 25.7 Å². The Bertz CT molecular complexity index is 499. The third-order valence-electron chi connectivity index (χ3n) is 1.92. The van der Waals surface area contributed by atoms with Gasteiger partial charge in [-0.15, -0.1) is 0 Å². The number of nitro groups is 1. The van der Waals surface area contributed by atoms with Gasteiger partial charge in [0.25, 0.3) is 5.69 Å². The van der Waals surface area contributed by atoms with Crippen molar-refractivity contribution in [2.45, 2.75) is 6.92 Å². The molecule has 1 aromatic rings. The van der Waals surface area contributed by atoms with Crippen LogP contribution in [0.4, 0.5) is 5.69 Å². The lowest BCUT2D eigenvalue weighted by molar-refractivity contribution is -0.385. The van der Waals surface area contributed by atoms with Crippen LogP contribution in [0.15, 0.2) is 22.3 Å². The highest BCUT2D eigenvalue weighted by molar-refractivity contribution is 9.10. The largest absolute Gasteiger partial charge is 0.466 e. The molecule has 0 aromatic carbocycles. The maximum atomic E-state index is 11.2. The Balaban J connectivity index is 3.23. The van der Waals surface area contributed by atoms with E-state index in [1.54, 1.807) is 0 Å². The Morgan fingerprint density at radius 3 is 2.82 bits per heavy atom. The van der Waals surface area contributed by atoms with E-state index in [1.807, 2.05) is 0 Å². The number of hydrogen-bond donors (Lipinski definition) is 0. The number of carbonyl (C=O) groups excluding carboxylic acids is 1. The molecule has 0 spiro atoms. The lowest BCUT2D eigenvalue weighted by Gasteiger charge is -2.00. The molecule has 0 amide bonds. The number of carbonyl (C=O) groups is 1. The zero-order valence-corrected chi connectivity index (χ0v) is 10.7. The fourth-order valence-corrected chi connectivity index (χ4v) is 1.44. The van der Waals surface area contributed by atoms with E-state index in [-0.39, 0.29) is 17.0 Å². The fourth-order valence-electron chi connectivity index (χ4n) is 1.12. The topological polar surface area (TPSA) is 82.3 Å². The zero-order valence-electron chi connectivity index (χ0n) is 9.14. The molecule has 1 heterocycles. The minimum atomic E-state index is -0.561. The van der Waals surface area contributed by atoms with E-state index in [0.29, 0.717) is 4.47 Å². The summed E-state index contributed by atoms with van der Waals surface area (Å²) in [4.78, 5) is 25.3. The summed E-state index contributed by atoms with van der Waals surface area (Å²) in [6, 6.07) is 1.32. The number of aromatic nitrogens is 1. The Kier molecular flexibility index (Phi) is 4.33. The second-order valence-corrected chi connectivity index (χ2v) is 4.05. The highest BCUT2D eigenvalue weighted by Crippen LogP contribution is 2.23. The van der Waals surface area contributed by atoms with Crippen molar-refractivity contribution in [2.24, 2.45) is 0 Å². The molecule has 0 radical (unpaired) electrons. The van der Waals surface area contributed by atoms with Crippen LogP contribution in [-0.2, 0) is 9.53 Å². The van der Waals surface area contributed by atoms with Gasteiger partial charge in [-0.2, -0.15) is 0 Å². The normalized spacial score (nSPS) is 11.1. The number of ether oxygens (including phenoxy) is 1. The van der Waals surface area contributed by atoms with Gasteiger partial charge >= 0.3 is 5.97 Å². The molecule has 0 fully saturated rings. The van der Waals surface area contributed by atoms with E-state index in [1.165, 1.54) is 32.4 Å². The highest BCUT2D eigenvalue weighted by Gasteiger charge is 2.15. The van der Waals surface area contributed by atoms with Crippen LogP contribution in [0.1, 0.15) is 12.6 Å². The van der Waals surface area contributed by atoms with Crippen molar-refractivity contribution in [3.8, 4) is 0 Å². The molecule has 0 bridgehead atoms. The Morgan fingerprint density at radius 2 is 2.29 bits per heavy atom. The number of nitrogens with zero attached hydrogens (tertiary/aromatic N) is 2. The van der Waals surface area contributed by atoms with Gasteiger partial charge in [0.05, 0.1) is 12.0 Å². The van der Waals surface area contributed by atoms with Crippen molar-refractivity contribution in [2.75, 3.05) is 7.11 Å². The van der Waals surface area contributed by atoms with Crippen LogP contribution in [-0.4, -0.2) is 23.0 Å². The van der Waals surface area contributed by atoms with Gasteiger partial charge in [0, 0.05) is 22.3 Å². The number of hydrogen-bond acceptors (Lipinski definition) is 5. The SMILES string of the molecule is COC(=O)/C(C)=C\c1ncc(Br)cc1[N+](=O)[O-]. The first-order valence-corrected chi connectivity index (χ1v) is 5.31. The quantitative estimate of drug-likeness (QED) is 0.370. The first-order chi connectivity index (χ1) is 7.95. The number of esters is 1. The fraction of sp³-hybridized carbons (Fsp3) is 0.200. The molecule has 17 heavy (non-hydrogen) atoms. The molecule has 1 rings (SSSR count). The van der Waals surface area contributed by atoms with Crippen molar-refractivity contribution in [3.05, 3.63) is 38.1 Å². The summed E-state index contributed by atoms with van der Waals surface area (Å²) in [5.41, 5.74) is 0.175. The monoisotopic (exact) mass is 300 g/mol. The Labute approximate surface area is 106 Å². The predicted octanol–water partition coefficient (Wildman–Crippen LogP) is 2.33. The maximum Gasteiger partial charge on any atom is 0.333 e. The van der Waals surface area contributed by atoms with Crippen LogP contribution in [0, 0.1) is 10.1 Å². The van der Waals surface area contributed by atoms with E-state index in [9.17, 15) is 14.9 Å². The van der Waals surface area contributed by atoms with Gasteiger partial charge in [-0.05, 0) is 28.9 Å². The van der Waals surface area contributed by atoms with Crippen molar-refractivity contribution in [1.82, 2.24) is 4.98 Å². The average molecular weight is 301 g/mol. The summed E-state index contributed by atoms with van der Waals surface area (Å²) in [6.45, 7) is 1.50. The molecule has 0 aliphatic heterocycles. The first-order valence-electron chi connectivity index (χ1n) is 4.52. The Hall–Kier alpha value is -1.76. The van der Waals surface area contributed by atoms with Gasteiger partial charge in [-0.1, -0.05) is 0 Å². The molecule has 6 nitrogen and oxygen atoms in total. The summed E-state index contributed by atoms with van der Waals surface area (Å²) >= 11 is 3.09. The molecule has 1 aromatic heterocycles. The Morgan fingerprint density at radius 1 is 1.65 bits per heavy atom. The van der Waals surface area contributed by atoms with Crippen LogP contribution < -0.4 is 0 Å². The molecule has 0 aliphatic rings. The molecular formula is C10H9BrN2O4. The lowest BCUT2D eigenvalue weighted by atomic mass is 10.2. The molecule has 0 unspecified atom stereocenters. The van der Waals surface area contributed by atoms with Gasteiger partial charge in [-0.3, -0.25) is 10.1 Å². The molecular weight excluding hydrogens is 292 g/mol. The van der Waals surface area contributed by atoms with Gasteiger partial charge in [0.15, 0.2) is 0 Å². The van der Waals surface area contributed by atoms with Crippen LogP contribution in [0.5, 0.6) is 0 Å². The van der Waals surface area contributed by atoms with E-state index in [4.69, 9.17) is 0 Å². The number of pyridine rings is 1. The number of methoxy groups -OCH3 is 1. The maximum absolute atomic E-state index is 11.2.